The van der Waals surface area contributed by atoms with E-state index >= 15 is 0 Å². The van der Waals surface area contributed by atoms with Crippen LogP contribution in [0.3, 0.4) is 0 Å². The van der Waals surface area contributed by atoms with Crippen molar-refractivity contribution in [2.24, 2.45) is 4.99 Å². The van der Waals surface area contributed by atoms with Crippen molar-refractivity contribution >= 4 is 23.5 Å². The summed E-state index contributed by atoms with van der Waals surface area (Å²) in [5.74, 6) is -5.40. The largest absolute Gasteiger partial charge is 0.445 e. The van der Waals surface area contributed by atoms with Crippen molar-refractivity contribution in [2.75, 3.05) is 25.0 Å². The molecule has 5 rings (SSSR count). The third-order valence-electron chi connectivity index (χ3n) is 5.49. The zero-order valence-corrected chi connectivity index (χ0v) is 17.1. The summed E-state index contributed by atoms with van der Waals surface area (Å²) in [6.07, 6.45) is 0. The first-order valence-electron chi connectivity index (χ1n) is 9.92. The Morgan fingerprint density at radius 2 is 1.84 bits per heavy atom. The zero-order chi connectivity index (χ0) is 21.6. The van der Waals surface area contributed by atoms with E-state index in [0.717, 1.165) is 11.1 Å². The highest BCUT2D eigenvalue weighted by molar-refractivity contribution is 6.31. The first-order valence-corrected chi connectivity index (χ1v) is 9.92. The van der Waals surface area contributed by atoms with Gasteiger partial charge in [-0.05, 0) is 30.2 Å². The molecule has 0 aliphatic carbocycles. The van der Waals surface area contributed by atoms with Gasteiger partial charge in [-0.1, -0.05) is 36.4 Å². The van der Waals surface area contributed by atoms with Gasteiger partial charge in [0.2, 0.25) is 0 Å². The van der Waals surface area contributed by atoms with Crippen molar-refractivity contribution in [3.63, 3.8) is 0 Å². The smallest absolute Gasteiger partial charge is 0.422 e. The number of anilines is 1. The molecule has 0 aromatic heterocycles. The molecule has 0 radical (unpaired) electrons. The van der Waals surface area contributed by atoms with Crippen molar-refractivity contribution in [3.8, 4) is 5.75 Å². The summed E-state index contributed by atoms with van der Waals surface area (Å²) in [6.45, 7) is 3.02. The lowest BCUT2D eigenvalue weighted by molar-refractivity contribution is -0.320. The molecule has 0 amide bonds. The maximum atomic E-state index is 12.3. The van der Waals surface area contributed by atoms with Crippen molar-refractivity contribution < 1.29 is 28.5 Å². The summed E-state index contributed by atoms with van der Waals surface area (Å²) in [4.78, 5) is 30.5. The van der Waals surface area contributed by atoms with E-state index in [4.69, 9.17) is 18.9 Å². The van der Waals surface area contributed by atoms with Crippen molar-refractivity contribution in [3.05, 3.63) is 59.7 Å². The molecule has 3 aliphatic rings. The van der Waals surface area contributed by atoms with E-state index < -0.39 is 23.6 Å². The molecule has 0 bridgehead atoms. The number of benzene rings is 2. The number of rotatable bonds is 4. The van der Waals surface area contributed by atoms with Gasteiger partial charge in [0.25, 0.3) is 0 Å². The van der Waals surface area contributed by atoms with Gasteiger partial charge in [-0.15, -0.1) is 0 Å². The summed E-state index contributed by atoms with van der Waals surface area (Å²) in [5, 5.41) is 3.14. The van der Waals surface area contributed by atoms with Gasteiger partial charge in [-0.3, -0.25) is 9.89 Å². The van der Waals surface area contributed by atoms with Crippen LogP contribution in [-0.4, -0.2) is 49.6 Å². The summed E-state index contributed by atoms with van der Waals surface area (Å²) in [6, 6.07) is 15.0. The van der Waals surface area contributed by atoms with E-state index in [-0.39, 0.29) is 12.4 Å². The number of amidine groups is 1. The molecule has 2 aromatic rings. The molecule has 1 spiro atoms. The summed E-state index contributed by atoms with van der Waals surface area (Å²) in [7, 11) is 1.66. The number of hydrogen-bond donors (Lipinski definition) is 1. The average molecular weight is 423 g/mol. The van der Waals surface area contributed by atoms with E-state index in [0.29, 0.717) is 24.5 Å². The molecule has 3 aliphatic heterocycles. The Morgan fingerprint density at radius 1 is 1.10 bits per heavy atom. The SMILES string of the molecule is Cc1ccc2c(c1)N(C)C1(OC(=O)C(=O)O1)C(OCc1ccccc1)(C1=NCCN1)O2. The lowest BCUT2D eigenvalue weighted by atomic mass is 10.0. The topological polar surface area (TPSA) is 98.7 Å². The minimum atomic E-state index is -2.03. The Bertz CT molecular complexity index is 1070. The second kappa shape index (κ2) is 6.98. The monoisotopic (exact) mass is 423 g/mol. The maximum absolute atomic E-state index is 12.3. The number of aliphatic imine (C=N–C) groups is 1. The van der Waals surface area contributed by atoms with Gasteiger partial charge >= 0.3 is 23.6 Å². The van der Waals surface area contributed by atoms with Crippen LogP contribution in [0.25, 0.3) is 0 Å². The molecule has 1 unspecified atom stereocenters. The Labute approximate surface area is 178 Å². The first kappa shape index (κ1) is 19.4. The fourth-order valence-electron chi connectivity index (χ4n) is 3.97. The van der Waals surface area contributed by atoms with Gasteiger partial charge in [0.05, 0.1) is 18.8 Å². The van der Waals surface area contributed by atoms with Crippen LogP contribution in [0.1, 0.15) is 11.1 Å². The zero-order valence-electron chi connectivity index (χ0n) is 17.1. The summed E-state index contributed by atoms with van der Waals surface area (Å²) in [5.41, 5.74) is 2.39. The predicted molar refractivity (Wildman–Crippen MR) is 109 cm³/mol. The number of hydrogen-bond acceptors (Lipinski definition) is 9. The fourth-order valence-corrected chi connectivity index (χ4v) is 3.97. The van der Waals surface area contributed by atoms with Crippen LogP contribution in [-0.2, 0) is 30.4 Å². The molecule has 1 N–H and O–H groups in total. The Balaban J connectivity index is 1.68. The molecule has 31 heavy (non-hydrogen) atoms. The van der Waals surface area contributed by atoms with Gasteiger partial charge in [-0.2, -0.15) is 0 Å². The number of carbonyl (C=O) groups excluding carboxylic acids is 2. The molecular weight excluding hydrogens is 402 g/mol. The van der Waals surface area contributed by atoms with E-state index in [1.165, 1.54) is 0 Å². The molecule has 9 heteroatoms. The molecule has 1 fully saturated rings. The normalized spacial score (nSPS) is 23.5. The van der Waals surface area contributed by atoms with Crippen LogP contribution in [0.15, 0.2) is 53.5 Å². The van der Waals surface area contributed by atoms with Crippen LogP contribution < -0.4 is 15.0 Å². The van der Waals surface area contributed by atoms with Crippen molar-refractivity contribution in [2.45, 2.75) is 25.2 Å². The molecule has 0 saturated carbocycles. The van der Waals surface area contributed by atoms with Gasteiger partial charge in [0, 0.05) is 13.6 Å². The van der Waals surface area contributed by atoms with Gasteiger partial charge in [0.1, 0.15) is 5.75 Å². The molecule has 9 nitrogen and oxygen atoms in total. The van der Waals surface area contributed by atoms with E-state index in [9.17, 15) is 9.59 Å². The van der Waals surface area contributed by atoms with E-state index in [1.54, 1.807) is 18.0 Å². The van der Waals surface area contributed by atoms with Gasteiger partial charge in [-0.25, -0.2) is 9.59 Å². The van der Waals surface area contributed by atoms with Crippen molar-refractivity contribution in [1.29, 1.82) is 0 Å². The average Bonchev–Trinajstić information content (AvgIpc) is 3.41. The number of aryl methyl sites for hydroxylation is 1. The van der Waals surface area contributed by atoms with Crippen LogP contribution in [0.4, 0.5) is 5.69 Å². The quantitative estimate of drug-likeness (QED) is 0.584. The standard InChI is InChI=1S/C22H21N3O6/c1-14-8-9-17-16(12-14)25(2)22(30-18(26)19(27)31-22)21(29-17,20-23-10-11-24-20)28-13-15-6-4-3-5-7-15/h3-9,12H,10-11,13H2,1-2H3,(H,23,24). The lowest BCUT2D eigenvalue weighted by Crippen LogP contribution is -2.75. The second-order valence-corrected chi connectivity index (χ2v) is 7.54. The molecule has 1 saturated heterocycles. The lowest BCUT2D eigenvalue weighted by Gasteiger charge is -2.50. The van der Waals surface area contributed by atoms with Crippen LogP contribution >= 0.6 is 0 Å². The number of likely N-dealkylation sites (N-methyl/N-ethyl adjacent to an activating group) is 1. The van der Waals surface area contributed by atoms with Crippen LogP contribution in [0, 0.1) is 6.92 Å². The Hall–Kier alpha value is -3.59. The number of carbonyl (C=O) groups is 2. The van der Waals surface area contributed by atoms with Gasteiger partial charge in [0.15, 0.2) is 5.84 Å². The first-order chi connectivity index (χ1) is 14.9. The summed E-state index contributed by atoms with van der Waals surface area (Å²) < 4.78 is 23.8. The molecule has 3 heterocycles. The van der Waals surface area contributed by atoms with E-state index in [1.807, 2.05) is 49.4 Å². The Kier molecular flexibility index (Phi) is 4.37. The number of ether oxygens (including phenoxy) is 4. The second-order valence-electron chi connectivity index (χ2n) is 7.54. The highest BCUT2D eigenvalue weighted by atomic mass is 16.9. The summed E-state index contributed by atoms with van der Waals surface area (Å²) >= 11 is 0. The number of nitrogens with zero attached hydrogens (tertiary/aromatic N) is 2. The van der Waals surface area contributed by atoms with Gasteiger partial charge < -0.3 is 24.3 Å². The number of fused-ring (bicyclic) bond motifs is 1. The molecule has 160 valence electrons. The molecule has 2 aromatic carbocycles. The number of nitrogens with one attached hydrogen (secondary N) is 1. The minimum Gasteiger partial charge on any atom is -0.445 e. The number of esters is 2. The molecule has 1 atom stereocenters. The van der Waals surface area contributed by atoms with E-state index in [2.05, 4.69) is 10.3 Å². The van der Waals surface area contributed by atoms with Crippen molar-refractivity contribution in [1.82, 2.24) is 5.32 Å². The van der Waals surface area contributed by atoms with Crippen LogP contribution in [0.5, 0.6) is 5.75 Å². The van der Waals surface area contributed by atoms with Crippen LogP contribution in [0.2, 0.25) is 0 Å². The Morgan fingerprint density at radius 3 is 2.52 bits per heavy atom. The third kappa shape index (κ3) is 2.84. The predicted octanol–water partition coefficient (Wildman–Crippen LogP) is 1.49. The molecular formula is C22H21N3O6. The maximum Gasteiger partial charge on any atom is 0.422 e. The third-order valence-corrected chi connectivity index (χ3v) is 5.49. The fraction of sp³-hybridized carbons (Fsp3) is 0.318. The highest BCUT2D eigenvalue weighted by Gasteiger charge is 2.75. The minimum absolute atomic E-state index is 0.0907. The highest BCUT2D eigenvalue weighted by Crippen LogP contribution is 2.50.